The Hall–Kier alpha value is -0.770. The molecule has 2 N–H and O–H groups in total. The molecule has 1 heterocycles. The molecule has 0 aliphatic rings. The fourth-order valence-corrected chi connectivity index (χ4v) is 3.13. The van der Waals surface area contributed by atoms with Crippen LogP contribution in [0.5, 0.6) is 0 Å². The van der Waals surface area contributed by atoms with Crippen molar-refractivity contribution in [3.8, 4) is 0 Å². The van der Waals surface area contributed by atoms with Gasteiger partial charge in [-0.1, -0.05) is 18.2 Å². The summed E-state index contributed by atoms with van der Waals surface area (Å²) in [4.78, 5) is 14.5. The van der Waals surface area contributed by atoms with Crippen molar-refractivity contribution in [3.05, 3.63) is 35.7 Å². The number of nitrogens with one attached hydrogen (secondary N) is 1. The standard InChI is InChI=1S/C6H6O3S.C5H5N2OS.Na/c7-10(8,9)6-4-2-1-3-5-6;1-4(8)7-5-6-2-3-9-5;/h1-5H,(H,7,8,9);3H,1H3,(H,6,7,8);. The Kier molecular flexibility index (Phi) is 6.80. The van der Waals surface area contributed by atoms with Crippen molar-refractivity contribution < 1.29 is 17.8 Å². The molecular weight excluding hydrogens is 311 g/mol. The summed E-state index contributed by atoms with van der Waals surface area (Å²) in [6.07, 6.45) is 0. The average Bonchev–Trinajstić information content (AvgIpc) is 2.75. The van der Waals surface area contributed by atoms with E-state index in [0.717, 1.165) is 30.9 Å². The number of nitrogens with zero attached hydrogens (tertiary/aromatic N) is 1. The topological polar surface area (TPSA) is 96.4 Å². The number of rotatable bonds is 2. The normalized spacial score (nSPS) is 10.4. The molecule has 20 heavy (non-hydrogen) atoms. The maximum absolute atomic E-state index is 10.5. The first kappa shape index (κ1) is 17.3. The van der Waals surface area contributed by atoms with Gasteiger partial charge in [0, 0.05) is 0 Å². The fourth-order valence-electron chi connectivity index (χ4n) is 1.15. The molecule has 1 amide bonds. The van der Waals surface area contributed by atoms with Crippen LogP contribution in [0.3, 0.4) is 0 Å². The van der Waals surface area contributed by atoms with Gasteiger partial charge in [0.15, 0.2) is 0 Å². The number of hydrogen-bond donors (Lipinski definition) is 2. The molecule has 9 heteroatoms. The van der Waals surface area contributed by atoms with Crippen LogP contribution in [0.2, 0.25) is 0 Å². The second-order valence-electron chi connectivity index (χ2n) is 3.76. The van der Waals surface area contributed by atoms with Gasteiger partial charge in [-0.2, -0.15) is 8.42 Å². The molecule has 1 aromatic carbocycles. The van der Waals surface area contributed by atoms with E-state index in [4.69, 9.17) is 4.55 Å². The van der Waals surface area contributed by atoms with Gasteiger partial charge in [-0.05, 0) is 12.1 Å². The third-order valence-electron chi connectivity index (χ3n) is 1.94. The van der Waals surface area contributed by atoms with E-state index in [-0.39, 0.29) is 10.8 Å². The molecule has 2 aromatic rings. The molecule has 0 aliphatic heterocycles. The van der Waals surface area contributed by atoms with E-state index in [0.29, 0.717) is 5.13 Å². The number of anilines is 1. The minimum atomic E-state index is -4.00. The van der Waals surface area contributed by atoms with Crippen LogP contribution in [0.25, 0.3) is 0 Å². The molecule has 102 valence electrons. The first-order valence-corrected chi connectivity index (χ1v) is 8.83. The summed E-state index contributed by atoms with van der Waals surface area (Å²) >= 11 is 2.41. The molecule has 0 unspecified atom stereocenters. The molecule has 0 fully saturated rings. The van der Waals surface area contributed by atoms with Crippen LogP contribution in [-0.2, 0) is 14.9 Å². The average molecular weight is 322 g/mol. The number of thiazole rings is 1. The number of aromatic nitrogens is 1. The number of carbonyl (C=O) groups excluding carboxylic acids is 1. The molecule has 2 rings (SSSR count). The molecular formula is C11H11N2NaO4S2. The van der Waals surface area contributed by atoms with Crippen LogP contribution in [0, 0.1) is 0 Å². The van der Waals surface area contributed by atoms with Crippen molar-refractivity contribution in [2.24, 2.45) is 0 Å². The molecule has 0 radical (unpaired) electrons. The van der Waals surface area contributed by atoms with E-state index in [1.807, 2.05) is 5.38 Å². The van der Waals surface area contributed by atoms with Crippen molar-refractivity contribution >= 4 is 63.4 Å². The van der Waals surface area contributed by atoms with E-state index < -0.39 is 10.1 Å². The summed E-state index contributed by atoms with van der Waals surface area (Å²) in [6, 6.07) is 7.42. The number of amides is 1. The smallest absolute Gasteiger partial charge is 0.282 e. The van der Waals surface area contributed by atoms with E-state index in [9.17, 15) is 13.2 Å². The van der Waals surface area contributed by atoms with E-state index >= 15 is 0 Å². The fraction of sp³-hybridized carbons (Fsp3) is 0.0909. The third kappa shape index (κ3) is 6.60. The predicted molar refractivity (Wildman–Crippen MR) is 78.1 cm³/mol. The van der Waals surface area contributed by atoms with Gasteiger partial charge in [0.1, 0.15) is 0 Å². The molecule has 6 nitrogen and oxygen atoms in total. The summed E-state index contributed by atoms with van der Waals surface area (Å²) in [7, 11) is -4.00. The number of carbonyl (C=O) groups is 1. The van der Waals surface area contributed by atoms with Crippen LogP contribution >= 0.6 is 11.3 Å². The predicted octanol–water partition coefficient (Wildman–Crippen LogP) is 0.829. The van der Waals surface area contributed by atoms with E-state index in [2.05, 4.69) is 10.3 Å². The van der Waals surface area contributed by atoms with Crippen molar-refractivity contribution in [1.29, 1.82) is 0 Å². The second kappa shape index (κ2) is 7.87. The zero-order valence-corrected chi connectivity index (χ0v) is 14.5. The SMILES string of the molecule is CC(=O)Nc1n[c]([Na])cs1.O=S(=O)(O)c1ccccc1. The summed E-state index contributed by atoms with van der Waals surface area (Å²) in [5, 5.41) is 5.28. The third-order valence-corrected chi connectivity index (χ3v) is 4.62. The van der Waals surface area contributed by atoms with Gasteiger partial charge in [0.05, 0.1) is 4.90 Å². The Morgan fingerprint density at radius 2 is 1.95 bits per heavy atom. The maximum atomic E-state index is 10.5. The Bertz CT molecular complexity index is 671. The first-order valence-electron chi connectivity index (χ1n) is 5.51. The number of benzene rings is 1. The molecule has 0 bridgehead atoms. The van der Waals surface area contributed by atoms with Crippen LogP contribution in [0.1, 0.15) is 6.92 Å². The van der Waals surface area contributed by atoms with Crippen LogP contribution in [0.15, 0.2) is 40.6 Å². The minimum absolute atomic E-state index is 0.0592. The molecule has 0 atom stereocenters. The molecule has 0 spiro atoms. The van der Waals surface area contributed by atoms with Crippen LogP contribution < -0.4 is 8.26 Å². The van der Waals surface area contributed by atoms with Crippen molar-refractivity contribution in [2.45, 2.75) is 11.8 Å². The first-order chi connectivity index (χ1) is 9.29. The Morgan fingerprint density at radius 3 is 2.30 bits per heavy atom. The van der Waals surface area contributed by atoms with E-state index in [1.54, 1.807) is 18.2 Å². The largest absolute Gasteiger partial charge is 0.294 e. The maximum Gasteiger partial charge on any atom is 0.294 e. The summed E-state index contributed by atoms with van der Waals surface area (Å²) < 4.78 is 30.3. The van der Waals surface area contributed by atoms with Gasteiger partial charge in [-0.15, -0.1) is 0 Å². The van der Waals surface area contributed by atoms with Crippen molar-refractivity contribution in [3.63, 3.8) is 0 Å². The summed E-state index contributed by atoms with van der Waals surface area (Å²) in [5.74, 6) is -0.0592. The second-order valence-corrected chi connectivity index (χ2v) is 7.07. The van der Waals surface area contributed by atoms with Crippen molar-refractivity contribution in [1.82, 2.24) is 4.98 Å². The summed E-state index contributed by atoms with van der Waals surface area (Å²) in [5.41, 5.74) is 0. The van der Waals surface area contributed by atoms with Gasteiger partial charge in [0.25, 0.3) is 10.1 Å². The Morgan fingerprint density at radius 1 is 1.35 bits per heavy atom. The van der Waals surface area contributed by atoms with Gasteiger partial charge < -0.3 is 0 Å². The van der Waals surface area contributed by atoms with Gasteiger partial charge in [-0.3, -0.25) is 4.55 Å². The minimum Gasteiger partial charge on any atom is -0.282 e. The van der Waals surface area contributed by atoms with Gasteiger partial charge in [0.2, 0.25) is 0 Å². The molecule has 0 saturated heterocycles. The zero-order valence-electron chi connectivity index (χ0n) is 10.9. The number of hydrogen-bond acceptors (Lipinski definition) is 5. The zero-order chi connectivity index (χ0) is 15.2. The quantitative estimate of drug-likeness (QED) is 0.630. The van der Waals surface area contributed by atoms with Crippen LogP contribution in [0.4, 0.5) is 5.13 Å². The molecule has 0 aliphatic carbocycles. The Labute approximate surface area is 138 Å². The van der Waals surface area contributed by atoms with E-state index in [1.165, 1.54) is 30.4 Å². The van der Waals surface area contributed by atoms with Crippen molar-refractivity contribution in [2.75, 3.05) is 5.32 Å². The summed E-state index contributed by atoms with van der Waals surface area (Å²) in [6.45, 7) is 1.48. The monoisotopic (exact) mass is 322 g/mol. The van der Waals surface area contributed by atoms with Gasteiger partial charge >= 0.3 is 80.6 Å². The molecule has 0 saturated carbocycles. The van der Waals surface area contributed by atoms with Crippen LogP contribution in [-0.4, -0.2) is 51.8 Å². The Balaban J connectivity index is 0.000000200. The van der Waals surface area contributed by atoms with Gasteiger partial charge in [-0.25, -0.2) is 0 Å². The molecule has 1 aromatic heterocycles.